The van der Waals surface area contributed by atoms with Crippen LogP contribution in [0, 0.1) is 0 Å². The second-order valence-electron chi connectivity index (χ2n) is 7.20. The molecule has 4 aromatic rings. The Kier molecular flexibility index (Phi) is 4.23. The predicted molar refractivity (Wildman–Crippen MR) is 112 cm³/mol. The first kappa shape index (κ1) is 17.4. The molecule has 1 aliphatic heterocycles. The lowest BCUT2D eigenvalue weighted by Gasteiger charge is -2.30. The Balaban J connectivity index is 1.54. The highest BCUT2D eigenvalue weighted by Gasteiger charge is 2.19. The number of hydrogen-bond donors (Lipinski definition) is 2. The van der Waals surface area contributed by atoms with Crippen LogP contribution in [-0.2, 0) is 0 Å². The van der Waals surface area contributed by atoms with Crippen molar-refractivity contribution in [1.29, 1.82) is 0 Å². The van der Waals surface area contributed by atoms with E-state index in [1.807, 2.05) is 18.2 Å². The molecule has 0 unspecified atom stereocenters. The molecule has 4 heterocycles. The first-order valence-electron chi connectivity index (χ1n) is 9.70. The first-order valence-corrected chi connectivity index (χ1v) is 9.70. The van der Waals surface area contributed by atoms with Crippen molar-refractivity contribution in [3.05, 3.63) is 65.1 Å². The number of pyridine rings is 1. The van der Waals surface area contributed by atoms with Gasteiger partial charge in [-0.1, -0.05) is 0 Å². The van der Waals surface area contributed by atoms with Gasteiger partial charge >= 0.3 is 0 Å². The average Bonchev–Trinajstić information content (AvgIpc) is 3.20. The van der Waals surface area contributed by atoms with Crippen molar-refractivity contribution in [3.8, 4) is 0 Å². The minimum atomic E-state index is -0.382. The molecule has 0 spiro atoms. The van der Waals surface area contributed by atoms with E-state index in [4.69, 9.17) is 0 Å². The minimum Gasteiger partial charge on any atom is -0.371 e. The lowest BCUT2D eigenvalue weighted by molar-refractivity contribution is 0.102. The Bertz CT molecular complexity index is 1270. The summed E-state index contributed by atoms with van der Waals surface area (Å²) in [5.41, 5.74) is 1.90. The normalized spacial score (nSPS) is 14.4. The number of fused-ring (bicyclic) bond motifs is 2. The van der Waals surface area contributed by atoms with Crippen LogP contribution in [-0.4, -0.2) is 38.6 Å². The van der Waals surface area contributed by atoms with E-state index in [0.717, 1.165) is 29.5 Å². The highest BCUT2D eigenvalue weighted by atomic mass is 16.2. The summed E-state index contributed by atoms with van der Waals surface area (Å²) in [6, 6.07) is 5.93. The number of piperidine rings is 1. The minimum absolute atomic E-state index is 0.220. The van der Waals surface area contributed by atoms with E-state index in [9.17, 15) is 9.59 Å². The number of anilines is 2. The number of H-pyrrole nitrogens is 1. The van der Waals surface area contributed by atoms with Crippen LogP contribution in [0.15, 0.2) is 54.0 Å². The molecule has 0 saturated carbocycles. The van der Waals surface area contributed by atoms with Crippen LogP contribution < -0.4 is 15.8 Å². The standard InChI is InChI=1S/C21H20N6O2/c28-20(16-13-24-27-11-8-23-21(29)19(16)27)25-17-4-5-18(26-9-2-1-3-10-26)14-6-7-22-12-15(14)17/h4-8,11-13H,1-3,9-10H2,(H,23,29)(H,25,28). The molecule has 1 amide bonds. The van der Waals surface area contributed by atoms with Crippen molar-refractivity contribution in [2.45, 2.75) is 19.3 Å². The highest BCUT2D eigenvalue weighted by molar-refractivity contribution is 6.13. The Morgan fingerprint density at radius 3 is 2.79 bits per heavy atom. The third kappa shape index (κ3) is 3.02. The molecule has 1 aliphatic rings. The van der Waals surface area contributed by atoms with Gasteiger partial charge in [-0.25, -0.2) is 4.52 Å². The van der Waals surface area contributed by atoms with E-state index < -0.39 is 0 Å². The maximum atomic E-state index is 12.9. The number of rotatable bonds is 3. The molecule has 1 aromatic carbocycles. The second kappa shape index (κ2) is 7.05. The van der Waals surface area contributed by atoms with Crippen molar-refractivity contribution in [1.82, 2.24) is 19.6 Å². The van der Waals surface area contributed by atoms with Crippen molar-refractivity contribution >= 4 is 33.6 Å². The summed E-state index contributed by atoms with van der Waals surface area (Å²) in [5.74, 6) is -0.382. The summed E-state index contributed by atoms with van der Waals surface area (Å²) in [6.07, 6.45) is 11.7. The summed E-state index contributed by atoms with van der Waals surface area (Å²) in [7, 11) is 0. The molecule has 29 heavy (non-hydrogen) atoms. The lowest BCUT2D eigenvalue weighted by atomic mass is 10.0. The van der Waals surface area contributed by atoms with E-state index in [1.54, 1.807) is 18.6 Å². The number of aromatic amines is 1. The summed E-state index contributed by atoms with van der Waals surface area (Å²) in [5, 5.41) is 8.95. The van der Waals surface area contributed by atoms with E-state index in [1.165, 1.54) is 36.2 Å². The van der Waals surface area contributed by atoms with Crippen LogP contribution in [0.3, 0.4) is 0 Å². The average molecular weight is 388 g/mol. The van der Waals surface area contributed by atoms with Gasteiger partial charge in [0.2, 0.25) is 0 Å². The molecular weight excluding hydrogens is 368 g/mol. The molecule has 5 rings (SSSR count). The zero-order valence-corrected chi connectivity index (χ0v) is 15.8. The molecule has 0 atom stereocenters. The zero-order valence-electron chi connectivity index (χ0n) is 15.8. The summed E-state index contributed by atoms with van der Waals surface area (Å²) < 4.78 is 1.40. The molecule has 0 bridgehead atoms. The maximum Gasteiger partial charge on any atom is 0.274 e. The third-order valence-electron chi connectivity index (χ3n) is 5.43. The molecule has 2 N–H and O–H groups in total. The van der Waals surface area contributed by atoms with Gasteiger partial charge in [-0.15, -0.1) is 0 Å². The van der Waals surface area contributed by atoms with Gasteiger partial charge in [0.1, 0.15) is 5.52 Å². The fourth-order valence-electron chi connectivity index (χ4n) is 4.00. The van der Waals surface area contributed by atoms with Crippen molar-refractivity contribution in [2.24, 2.45) is 0 Å². The Hall–Kier alpha value is -3.68. The van der Waals surface area contributed by atoms with Crippen LogP contribution in [0.25, 0.3) is 16.3 Å². The van der Waals surface area contributed by atoms with Gasteiger partial charge in [-0.2, -0.15) is 5.10 Å². The summed E-state index contributed by atoms with van der Waals surface area (Å²) in [6.45, 7) is 2.07. The summed E-state index contributed by atoms with van der Waals surface area (Å²) >= 11 is 0. The van der Waals surface area contributed by atoms with Gasteiger partial charge in [0.15, 0.2) is 0 Å². The summed E-state index contributed by atoms with van der Waals surface area (Å²) in [4.78, 5) is 34.3. The number of benzene rings is 1. The van der Waals surface area contributed by atoms with Crippen LogP contribution in [0.4, 0.5) is 11.4 Å². The van der Waals surface area contributed by atoms with Gasteiger partial charge in [0, 0.05) is 54.3 Å². The topological polar surface area (TPSA) is 95.4 Å². The van der Waals surface area contributed by atoms with Crippen molar-refractivity contribution in [2.75, 3.05) is 23.3 Å². The molecule has 0 radical (unpaired) electrons. The van der Waals surface area contributed by atoms with E-state index in [-0.39, 0.29) is 22.5 Å². The zero-order chi connectivity index (χ0) is 19.8. The number of nitrogens with one attached hydrogen (secondary N) is 2. The van der Waals surface area contributed by atoms with Gasteiger partial charge in [-0.3, -0.25) is 14.6 Å². The van der Waals surface area contributed by atoms with Crippen molar-refractivity contribution < 1.29 is 4.79 Å². The Labute approximate surface area is 166 Å². The third-order valence-corrected chi connectivity index (χ3v) is 5.43. The number of carbonyl (C=O) groups excluding carboxylic acids is 1. The monoisotopic (exact) mass is 388 g/mol. The van der Waals surface area contributed by atoms with E-state index in [2.05, 4.69) is 25.3 Å². The fourth-order valence-corrected chi connectivity index (χ4v) is 4.00. The van der Waals surface area contributed by atoms with Crippen molar-refractivity contribution in [3.63, 3.8) is 0 Å². The molecule has 3 aromatic heterocycles. The largest absolute Gasteiger partial charge is 0.371 e. The van der Waals surface area contributed by atoms with Gasteiger partial charge in [0.05, 0.1) is 17.4 Å². The van der Waals surface area contributed by atoms with Gasteiger partial charge < -0.3 is 15.2 Å². The fraction of sp³-hybridized carbons (Fsp3) is 0.238. The number of nitrogens with zero attached hydrogens (tertiary/aromatic N) is 4. The van der Waals surface area contributed by atoms with Gasteiger partial charge in [-0.05, 0) is 37.5 Å². The van der Waals surface area contributed by atoms with Crippen LogP contribution in [0.1, 0.15) is 29.6 Å². The van der Waals surface area contributed by atoms with Crippen LogP contribution >= 0.6 is 0 Å². The number of aromatic nitrogens is 4. The van der Waals surface area contributed by atoms with E-state index in [0.29, 0.717) is 5.69 Å². The highest BCUT2D eigenvalue weighted by Crippen LogP contribution is 2.33. The predicted octanol–water partition coefficient (Wildman–Crippen LogP) is 2.81. The molecule has 8 heteroatoms. The number of amides is 1. The first-order chi connectivity index (χ1) is 14.2. The quantitative estimate of drug-likeness (QED) is 0.563. The second-order valence-corrected chi connectivity index (χ2v) is 7.20. The van der Waals surface area contributed by atoms with Crippen LogP contribution in [0.5, 0.6) is 0 Å². The van der Waals surface area contributed by atoms with E-state index >= 15 is 0 Å². The Morgan fingerprint density at radius 1 is 1.07 bits per heavy atom. The van der Waals surface area contributed by atoms with Gasteiger partial charge in [0.25, 0.3) is 11.5 Å². The molecule has 0 aliphatic carbocycles. The molecule has 1 fully saturated rings. The number of carbonyl (C=O) groups is 1. The maximum absolute atomic E-state index is 12.9. The molecular formula is C21H20N6O2. The molecule has 1 saturated heterocycles. The lowest BCUT2D eigenvalue weighted by Crippen LogP contribution is -2.29. The molecule has 146 valence electrons. The smallest absolute Gasteiger partial charge is 0.274 e. The van der Waals surface area contributed by atoms with Crippen LogP contribution in [0.2, 0.25) is 0 Å². The SMILES string of the molecule is O=C(Nc1ccc(N2CCCCC2)c2ccncc12)c1cnn2cc[nH]c(=O)c12. The Morgan fingerprint density at radius 2 is 1.93 bits per heavy atom. The molecule has 8 nitrogen and oxygen atoms in total. The number of hydrogen-bond acceptors (Lipinski definition) is 5.